The van der Waals surface area contributed by atoms with E-state index in [0.717, 1.165) is 21.9 Å². The van der Waals surface area contributed by atoms with Crippen molar-refractivity contribution in [2.75, 3.05) is 5.32 Å². The number of aryl methyl sites for hydroxylation is 2. The highest BCUT2D eigenvalue weighted by Gasteiger charge is 2.16. The van der Waals surface area contributed by atoms with E-state index in [-0.39, 0.29) is 5.56 Å². The van der Waals surface area contributed by atoms with E-state index >= 15 is 0 Å². The molecule has 0 aliphatic carbocycles. The average molecular weight is 353 g/mol. The SMILES string of the molecule is Cc1ccc(-n2c(=O)[nH]cc(C(=O)Nc3ccc(F)cc3)c2=O)cc1C. The molecule has 1 amide bonds. The van der Waals surface area contributed by atoms with Gasteiger partial charge in [0, 0.05) is 11.9 Å². The van der Waals surface area contributed by atoms with Gasteiger partial charge in [0.15, 0.2) is 0 Å². The molecule has 0 spiro atoms. The maximum absolute atomic E-state index is 13.0. The summed E-state index contributed by atoms with van der Waals surface area (Å²) in [6.07, 6.45) is 1.07. The smallest absolute Gasteiger partial charge is 0.322 e. The molecule has 2 aromatic carbocycles. The van der Waals surface area contributed by atoms with Crippen LogP contribution in [0.3, 0.4) is 0 Å². The molecule has 3 rings (SSSR count). The molecule has 0 saturated heterocycles. The molecule has 0 atom stereocenters. The van der Waals surface area contributed by atoms with Crippen molar-refractivity contribution in [3.05, 3.63) is 92.0 Å². The highest BCUT2D eigenvalue weighted by molar-refractivity contribution is 6.03. The maximum atomic E-state index is 13.0. The first-order valence-corrected chi connectivity index (χ1v) is 7.86. The van der Waals surface area contributed by atoms with Crippen molar-refractivity contribution in [2.24, 2.45) is 0 Å². The van der Waals surface area contributed by atoms with Crippen LogP contribution in [0.25, 0.3) is 5.69 Å². The van der Waals surface area contributed by atoms with Gasteiger partial charge in [-0.25, -0.2) is 13.8 Å². The number of amides is 1. The number of halogens is 1. The van der Waals surface area contributed by atoms with Gasteiger partial charge in [-0.2, -0.15) is 0 Å². The fourth-order valence-corrected chi connectivity index (χ4v) is 2.47. The van der Waals surface area contributed by atoms with Crippen molar-refractivity contribution in [2.45, 2.75) is 13.8 Å². The van der Waals surface area contributed by atoms with E-state index < -0.39 is 23.0 Å². The van der Waals surface area contributed by atoms with Crippen LogP contribution in [-0.2, 0) is 0 Å². The van der Waals surface area contributed by atoms with Gasteiger partial charge in [-0.05, 0) is 61.4 Å². The standard InChI is InChI=1S/C19H16FN3O3/c1-11-3-8-15(9-12(11)2)23-18(25)16(10-21-19(23)26)17(24)22-14-6-4-13(20)5-7-14/h3-10H,1-2H3,(H,21,26)(H,22,24). The number of carbonyl (C=O) groups is 1. The normalized spacial score (nSPS) is 10.6. The number of aromatic nitrogens is 2. The highest BCUT2D eigenvalue weighted by atomic mass is 19.1. The van der Waals surface area contributed by atoms with E-state index in [4.69, 9.17) is 0 Å². The predicted molar refractivity (Wildman–Crippen MR) is 96.5 cm³/mol. The number of rotatable bonds is 3. The van der Waals surface area contributed by atoms with Crippen LogP contribution in [0.15, 0.2) is 58.3 Å². The van der Waals surface area contributed by atoms with Crippen molar-refractivity contribution >= 4 is 11.6 Å². The van der Waals surface area contributed by atoms with E-state index in [0.29, 0.717) is 11.4 Å². The average Bonchev–Trinajstić information content (AvgIpc) is 2.60. The molecule has 6 nitrogen and oxygen atoms in total. The lowest BCUT2D eigenvalue weighted by Crippen LogP contribution is -2.38. The third kappa shape index (κ3) is 3.32. The molecule has 3 aromatic rings. The Labute approximate surface area is 147 Å². The van der Waals surface area contributed by atoms with Crippen molar-refractivity contribution in [1.29, 1.82) is 0 Å². The zero-order chi connectivity index (χ0) is 18.8. The summed E-state index contributed by atoms with van der Waals surface area (Å²) in [6.45, 7) is 3.78. The molecule has 1 aromatic heterocycles. The summed E-state index contributed by atoms with van der Waals surface area (Å²) in [6, 6.07) is 10.3. The molecular weight excluding hydrogens is 337 g/mol. The van der Waals surface area contributed by atoms with E-state index in [1.807, 2.05) is 13.8 Å². The Morgan fingerprint density at radius 2 is 1.73 bits per heavy atom. The van der Waals surface area contributed by atoms with Gasteiger partial charge >= 0.3 is 5.69 Å². The summed E-state index contributed by atoms with van der Waals surface area (Å²) in [5.74, 6) is -1.14. The minimum atomic E-state index is -0.739. The minimum absolute atomic E-state index is 0.229. The first-order chi connectivity index (χ1) is 12.4. The molecular formula is C19H16FN3O3. The van der Waals surface area contributed by atoms with Crippen LogP contribution >= 0.6 is 0 Å². The van der Waals surface area contributed by atoms with Gasteiger partial charge in [0.1, 0.15) is 11.4 Å². The zero-order valence-corrected chi connectivity index (χ0v) is 14.2. The van der Waals surface area contributed by atoms with Crippen LogP contribution < -0.4 is 16.6 Å². The number of aromatic amines is 1. The van der Waals surface area contributed by atoms with Crippen LogP contribution in [0.2, 0.25) is 0 Å². The second-order valence-electron chi connectivity index (χ2n) is 5.88. The Morgan fingerprint density at radius 3 is 2.38 bits per heavy atom. The Morgan fingerprint density at radius 1 is 1.04 bits per heavy atom. The van der Waals surface area contributed by atoms with Gasteiger partial charge in [0.2, 0.25) is 0 Å². The van der Waals surface area contributed by atoms with Crippen molar-refractivity contribution in [1.82, 2.24) is 9.55 Å². The van der Waals surface area contributed by atoms with Gasteiger partial charge in [0.25, 0.3) is 11.5 Å². The lowest BCUT2D eigenvalue weighted by Gasteiger charge is -2.09. The van der Waals surface area contributed by atoms with E-state index in [1.54, 1.807) is 18.2 Å². The van der Waals surface area contributed by atoms with Gasteiger partial charge in [-0.15, -0.1) is 0 Å². The summed E-state index contributed by atoms with van der Waals surface area (Å²) in [5.41, 5.74) is 1.02. The largest absolute Gasteiger partial charge is 0.333 e. The molecule has 0 saturated carbocycles. The number of nitrogens with zero attached hydrogens (tertiary/aromatic N) is 1. The lowest BCUT2D eigenvalue weighted by atomic mass is 10.1. The van der Waals surface area contributed by atoms with Gasteiger partial charge in [-0.1, -0.05) is 6.07 Å². The Hall–Kier alpha value is -3.48. The number of anilines is 1. The van der Waals surface area contributed by atoms with Crippen LogP contribution in [-0.4, -0.2) is 15.5 Å². The molecule has 0 bridgehead atoms. The molecule has 2 N–H and O–H groups in total. The fourth-order valence-electron chi connectivity index (χ4n) is 2.47. The van der Waals surface area contributed by atoms with Gasteiger partial charge in [-0.3, -0.25) is 9.59 Å². The van der Waals surface area contributed by atoms with E-state index in [9.17, 15) is 18.8 Å². The number of H-pyrrole nitrogens is 1. The number of benzene rings is 2. The zero-order valence-electron chi connectivity index (χ0n) is 14.2. The molecule has 26 heavy (non-hydrogen) atoms. The summed E-state index contributed by atoms with van der Waals surface area (Å²) in [7, 11) is 0. The molecule has 1 heterocycles. The first-order valence-electron chi connectivity index (χ1n) is 7.86. The molecule has 0 radical (unpaired) electrons. The summed E-state index contributed by atoms with van der Waals surface area (Å²) >= 11 is 0. The third-order valence-electron chi connectivity index (χ3n) is 4.07. The van der Waals surface area contributed by atoms with Crippen LogP contribution in [0.5, 0.6) is 0 Å². The van der Waals surface area contributed by atoms with E-state index in [1.165, 1.54) is 24.3 Å². The Kier molecular flexibility index (Phi) is 4.53. The summed E-state index contributed by atoms with van der Waals surface area (Å²) < 4.78 is 13.9. The number of carbonyl (C=O) groups excluding carboxylic acids is 1. The predicted octanol–water partition coefficient (Wildman–Crippen LogP) is 2.53. The number of nitrogens with one attached hydrogen (secondary N) is 2. The second kappa shape index (κ2) is 6.79. The molecule has 132 valence electrons. The van der Waals surface area contributed by atoms with Crippen molar-refractivity contribution < 1.29 is 9.18 Å². The molecule has 7 heteroatoms. The molecule has 0 aliphatic heterocycles. The van der Waals surface area contributed by atoms with Crippen molar-refractivity contribution in [3.8, 4) is 5.69 Å². The molecule has 0 fully saturated rings. The van der Waals surface area contributed by atoms with Gasteiger partial charge in [0.05, 0.1) is 5.69 Å². The highest BCUT2D eigenvalue weighted by Crippen LogP contribution is 2.12. The van der Waals surface area contributed by atoms with Crippen LogP contribution in [0.1, 0.15) is 21.5 Å². The molecule has 0 aliphatic rings. The monoisotopic (exact) mass is 353 g/mol. The van der Waals surface area contributed by atoms with Crippen LogP contribution in [0, 0.1) is 19.7 Å². The minimum Gasteiger partial charge on any atom is -0.322 e. The Balaban J connectivity index is 2.03. The maximum Gasteiger partial charge on any atom is 0.333 e. The Bertz CT molecular complexity index is 1100. The van der Waals surface area contributed by atoms with E-state index in [2.05, 4.69) is 10.3 Å². The second-order valence-corrected chi connectivity index (χ2v) is 5.88. The third-order valence-corrected chi connectivity index (χ3v) is 4.07. The summed E-state index contributed by atoms with van der Waals surface area (Å²) in [5, 5.41) is 2.50. The summed E-state index contributed by atoms with van der Waals surface area (Å²) in [4.78, 5) is 39.6. The van der Waals surface area contributed by atoms with Gasteiger partial charge < -0.3 is 10.3 Å². The first kappa shape index (κ1) is 17.3. The van der Waals surface area contributed by atoms with Crippen LogP contribution in [0.4, 0.5) is 10.1 Å². The number of hydrogen-bond donors (Lipinski definition) is 2. The molecule has 0 unspecified atom stereocenters. The topological polar surface area (TPSA) is 84.0 Å². The fraction of sp³-hybridized carbons (Fsp3) is 0.105. The number of hydrogen-bond acceptors (Lipinski definition) is 3. The lowest BCUT2D eigenvalue weighted by molar-refractivity contribution is 0.102. The quantitative estimate of drug-likeness (QED) is 0.759. The van der Waals surface area contributed by atoms with Crippen molar-refractivity contribution in [3.63, 3.8) is 0 Å².